The van der Waals surface area contributed by atoms with Crippen molar-refractivity contribution in [2.75, 3.05) is 0 Å². The highest BCUT2D eigenvalue weighted by atomic mass is 14.7. The number of allylic oxidation sites excluding steroid dienone is 5. The fourth-order valence-corrected chi connectivity index (χ4v) is 8.65. The molecule has 0 bridgehead atoms. The molecule has 1 heterocycles. The lowest BCUT2D eigenvalue weighted by Crippen LogP contribution is -2.28. The normalized spacial score (nSPS) is 16.6. The largest absolute Gasteiger partial charge is 0.256 e. The summed E-state index contributed by atoms with van der Waals surface area (Å²) in [5.74, 6) is 1.92. The zero-order valence-corrected chi connectivity index (χ0v) is 31.1. The number of aromatic nitrogens is 1. The zero-order chi connectivity index (χ0) is 35.0. The molecule has 50 heavy (non-hydrogen) atoms. The van der Waals surface area contributed by atoms with Gasteiger partial charge in [0.1, 0.15) is 0 Å². The first-order valence-electron chi connectivity index (χ1n) is 19.1. The molecule has 256 valence electrons. The summed E-state index contributed by atoms with van der Waals surface area (Å²) in [4.78, 5) is 4.88. The molecule has 0 amide bonds. The second kappa shape index (κ2) is 16.5. The van der Waals surface area contributed by atoms with Gasteiger partial charge in [-0.1, -0.05) is 173 Å². The van der Waals surface area contributed by atoms with Crippen molar-refractivity contribution in [1.29, 1.82) is 0 Å². The quantitative estimate of drug-likeness (QED) is 0.115. The van der Waals surface area contributed by atoms with E-state index in [9.17, 15) is 0 Å². The number of hydrogen-bond acceptors (Lipinski definition) is 1. The van der Waals surface area contributed by atoms with E-state index in [2.05, 4.69) is 163 Å². The van der Waals surface area contributed by atoms with E-state index in [0.29, 0.717) is 17.8 Å². The van der Waals surface area contributed by atoms with Crippen molar-refractivity contribution in [2.24, 2.45) is 17.8 Å². The second-order valence-corrected chi connectivity index (χ2v) is 14.4. The molecular weight excluding hydrogens is 603 g/mol. The molecule has 0 aliphatic heterocycles. The van der Waals surface area contributed by atoms with E-state index in [0.717, 1.165) is 29.7 Å². The molecule has 1 aromatic heterocycles. The number of unbranched alkanes of at least 4 members (excludes halogenated alkanes) is 1. The van der Waals surface area contributed by atoms with Crippen molar-refractivity contribution in [3.8, 4) is 22.4 Å². The highest BCUT2D eigenvalue weighted by Crippen LogP contribution is 2.45. The number of benzene rings is 4. The molecule has 0 N–H and O–H groups in total. The summed E-state index contributed by atoms with van der Waals surface area (Å²) in [5, 5.41) is 2.62. The first-order valence-corrected chi connectivity index (χ1v) is 19.1. The molecule has 0 saturated carbocycles. The molecule has 4 atom stereocenters. The van der Waals surface area contributed by atoms with Crippen LogP contribution in [0.15, 0.2) is 133 Å². The molecule has 1 nitrogen and oxygen atoms in total. The van der Waals surface area contributed by atoms with Crippen LogP contribution in [0.2, 0.25) is 0 Å². The van der Waals surface area contributed by atoms with Gasteiger partial charge in [-0.05, 0) is 95.5 Å². The van der Waals surface area contributed by atoms with Gasteiger partial charge < -0.3 is 0 Å². The van der Waals surface area contributed by atoms with E-state index in [-0.39, 0.29) is 5.92 Å². The molecule has 0 saturated heterocycles. The maximum Gasteiger partial charge on any atom is 0.0702 e. The Balaban J connectivity index is 1.43. The lowest BCUT2D eigenvalue weighted by Gasteiger charge is -2.38. The Morgan fingerprint density at radius 1 is 0.860 bits per heavy atom. The van der Waals surface area contributed by atoms with E-state index in [4.69, 9.17) is 4.98 Å². The van der Waals surface area contributed by atoms with E-state index in [1.807, 2.05) is 6.20 Å². The topological polar surface area (TPSA) is 12.9 Å². The van der Waals surface area contributed by atoms with Gasteiger partial charge in [-0.25, -0.2) is 0 Å². The molecule has 1 heteroatoms. The third-order valence-electron chi connectivity index (χ3n) is 11.2. The number of aryl methyl sites for hydroxylation is 1. The van der Waals surface area contributed by atoms with Gasteiger partial charge >= 0.3 is 0 Å². The minimum atomic E-state index is 0.257. The Bertz CT molecular complexity index is 1970. The van der Waals surface area contributed by atoms with Crippen molar-refractivity contribution >= 4 is 16.8 Å². The summed E-state index contributed by atoms with van der Waals surface area (Å²) in [7, 11) is 0. The number of rotatable bonds is 13. The van der Waals surface area contributed by atoms with Crippen LogP contribution in [-0.2, 0) is 6.42 Å². The number of hydrogen-bond donors (Lipinski definition) is 0. The van der Waals surface area contributed by atoms with E-state index in [1.54, 1.807) is 5.57 Å². The van der Waals surface area contributed by atoms with Gasteiger partial charge in [0, 0.05) is 23.2 Å². The molecule has 1 aliphatic carbocycles. The highest BCUT2D eigenvalue weighted by Gasteiger charge is 2.33. The molecule has 4 unspecified atom stereocenters. The molecular formula is C49H55N. The summed E-state index contributed by atoms with van der Waals surface area (Å²) >= 11 is 0. The van der Waals surface area contributed by atoms with Crippen LogP contribution in [0.4, 0.5) is 0 Å². The molecule has 1 aliphatic rings. The van der Waals surface area contributed by atoms with E-state index < -0.39 is 0 Å². The third-order valence-corrected chi connectivity index (χ3v) is 11.2. The average molecular weight is 658 g/mol. The van der Waals surface area contributed by atoms with Crippen LogP contribution in [0.1, 0.15) is 94.9 Å². The third kappa shape index (κ3) is 7.48. The highest BCUT2D eigenvalue weighted by molar-refractivity contribution is 5.98. The Morgan fingerprint density at radius 3 is 2.38 bits per heavy atom. The number of pyridine rings is 1. The van der Waals surface area contributed by atoms with Gasteiger partial charge in [0.2, 0.25) is 0 Å². The van der Waals surface area contributed by atoms with Crippen molar-refractivity contribution in [3.63, 3.8) is 0 Å². The van der Waals surface area contributed by atoms with Crippen LogP contribution in [0.25, 0.3) is 39.2 Å². The van der Waals surface area contributed by atoms with Crippen molar-refractivity contribution in [3.05, 3.63) is 155 Å². The van der Waals surface area contributed by atoms with Crippen LogP contribution >= 0.6 is 0 Å². The van der Waals surface area contributed by atoms with E-state index >= 15 is 0 Å². The lowest BCUT2D eigenvalue weighted by molar-refractivity contribution is 0.265. The predicted octanol–water partition coefficient (Wildman–Crippen LogP) is 14.0. The monoisotopic (exact) mass is 657 g/mol. The maximum atomic E-state index is 4.88. The molecule has 0 radical (unpaired) electrons. The minimum absolute atomic E-state index is 0.257. The lowest BCUT2D eigenvalue weighted by atomic mass is 9.67. The van der Waals surface area contributed by atoms with E-state index in [1.165, 1.54) is 69.8 Å². The Morgan fingerprint density at radius 2 is 1.66 bits per heavy atom. The van der Waals surface area contributed by atoms with Gasteiger partial charge in [0.15, 0.2) is 0 Å². The molecule has 5 aromatic rings. The molecule has 0 fully saturated rings. The maximum absolute atomic E-state index is 4.88. The van der Waals surface area contributed by atoms with Crippen molar-refractivity contribution in [1.82, 2.24) is 4.98 Å². The second-order valence-electron chi connectivity index (χ2n) is 14.4. The summed E-state index contributed by atoms with van der Waals surface area (Å²) in [5.41, 5.74) is 13.3. The minimum Gasteiger partial charge on any atom is -0.256 e. The standard InChI is InChI=1S/C49H55N/c1-7-11-18-36(9-3)49(40-28-27-38-31-34(5)25-26-39(38)32-40)42(10-4)43(17-8-2)35(6)44-21-15-24-47-45(22-16-23-46(44)47)41-29-30-48(50-33-41)37-19-13-12-14-20-37/h8,12-17,19-31,33,35-36,40,49H,7,9-11,18,32H2,1-6H3/b17-8-,43-42-. The van der Waals surface area contributed by atoms with Gasteiger partial charge in [-0.15, -0.1) is 0 Å². The summed E-state index contributed by atoms with van der Waals surface area (Å²) in [6.45, 7) is 14.0. The summed E-state index contributed by atoms with van der Waals surface area (Å²) in [6.07, 6.45) is 19.0. The average Bonchev–Trinajstić information content (AvgIpc) is 3.16. The summed E-state index contributed by atoms with van der Waals surface area (Å²) in [6, 6.07) is 35.6. The Hall–Kier alpha value is -4.49. The van der Waals surface area contributed by atoms with Gasteiger partial charge in [0.05, 0.1) is 5.69 Å². The van der Waals surface area contributed by atoms with Gasteiger partial charge in [-0.2, -0.15) is 0 Å². The number of nitrogens with zero attached hydrogens (tertiary/aromatic N) is 1. The van der Waals surface area contributed by atoms with Gasteiger partial charge in [-0.3, -0.25) is 4.98 Å². The van der Waals surface area contributed by atoms with Crippen LogP contribution < -0.4 is 0 Å². The molecule has 6 rings (SSSR count). The number of fused-ring (bicyclic) bond motifs is 2. The zero-order valence-electron chi connectivity index (χ0n) is 31.1. The Labute approximate surface area is 301 Å². The molecule has 0 spiro atoms. The van der Waals surface area contributed by atoms with Crippen LogP contribution in [0, 0.1) is 24.7 Å². The predicted molar refractivity (Wildman–Crippen MR) is 217 cm³/mol. The fourth-order valence-electron chi connectivity index (χ4n) is 8.65. The first kappa shape index (κ1) is 35.3. The van der Waals surface area contributed by atoms with Crippen LogP contribution in [0.3, 0.4) is 0 Å². The first-order chi connectivity index (χ1) is 24.5. The van der Waals surface area contributed by atoms with Crippen LogP contribution in [0.5, 0.6) is 0 Å². The smallest absolute Gasteiger partial charge is 0.0702 e. The van der Waals surface area contributed by atoms with Gasteiger partial charge in [0.25, 0.3) is 0 Å². The fraction of sp³-hybridized carbons (Fsp3) is 0.327. The molecule has 4 aromatic carbocycles. The van der Waals surface area contributed by atoms with Crippen molar-refractivity contribution in [2.45, 2.75) is 86.0 Å². The van der Waals surface area contributed by atoms with Crippen LogP contribution in [-0.4, -0.2) is 4.98 Å². The SMILES string of the molecule is C/C=C\C(=C(/CC)C(C1C=Cc2cc(C)ccc2C1)C(CC)CCCC)C(C)c1cccc2c(-c3ccc(-c4ccccc4)nc3)cccc12. The summed E-state index contributed by atoms with van der Waals surface area (Å²) < 4.78 is 0. The van der Waals surface area contributed by atoms with Crippen molar-refractivity contribution < 1.29 is 0 Å². The Kier molecular flexibility index (Phi) is 11.6.